The highest BCUT2D eigenvalue weighted by atomic mass is 32.1. The van der Waals surface area contributed by atoms with Gasteiger partial charge in [0.15, 0.2) is 10.8 Å². The van der Waals surface area contributed by atoms with Gasteiger partial charge in [-0.25, -0.2) is 9.78 Å². The average molecular weight is 294 g/mol. The zero-order valence-electron chi connectivity index (χ0n) is 11.9. The summed E-state index contributed by atoms with van der Waals surface area (Å²) in [5.74, 6) is 0. The van der Waals surface area contributed by atoms with Crippen LogP contribution in [-0.2, 0) is 4.74 Å². The Balaban J connectivity index is 1.89. The summed E-state index contributed by atoms with van der Waals surface area (Å²) in [4.78, 5) is 20.0. The summed E-state index contributed by atoms with van der Waals surface area (Å²) in [7, 11) is 0. The Morgan fingerprint density at radius 1 is 1.40 bits per heavy atom. The predicted molar refractivity (Wildman–Crippen MR) is 76.8 cm³/mol. The fourth-order valence-electron chi connectivity index (χ4n) is 1.87. The molecule has 0 atom stereocenters. The molecule has 0 aromatic carbocycles. The normalized spacial score (nSPS) is 15.9. The minimum Gasteiger partial charge on any atom is -0.444 e. The van der Waals surface area contributed by atoms with E-state index in [1.54, 1.807) is 10.3 Å². The van der Waals surface area contributed by atoms with E-state index in [0.29, 0.717) is 31.9 Å². The third kappa shape index (κ3) is 3.61. The van der Waals surface area contributed by atoms with Crippen molar-refractivity contribution in [2.45, 2.75) is 26.4 Å². The predicted octanol–water partition coefficient (Wildman–Crippen LogP) is 2.07. The number of hydrogen-bond donors (Lipinski definition) is 0. The van der Waals surface area contributed by atoms with Crippen molar-refractivity contribution in [1.82, 2.24) is 9.88 Å². The molecule has 108 valence electrons. The van der Waals surface area contributed by atoms with Crippen molar-refractivity contribution in [1.29, 1.82) is 5.26 Å². The monoisotopic (exact) mass is 294 g/mol. The number of thiazole rings is 1. The molecule has 1 aliphatic heterocycles. The number of hydrogen-bond acceptors (Lipinski definition) is 6. The molecule has 0 aliphatic carbocycles. The topological polar surface area (TPSA) is 69.5 Å². The lowest BCUT2D eigenvalue weighted by molar-refractivity contribution is 0.0240. The first-order chi connectivity index (χ1) is 9.39. The average Bonchev–Trinajstić information content (AvgIpc) is 2.85. The van der Waals surface area contributed by atoms with E-state index in [4.69, 9.17) is 10.00 Å². The second-order valence-electron chi connectivity index (χ2n) is 5.58. The first-order valence-corrected chi connectivity index (χ1v) is 7.35. The van der Waals surface area contributed by atoms with Crippen LogP contribution in [0.3, 0.4) is 0 Å². The fraction of sp³-hybridized carbons (Fsp3) is 0.615. The summed E-state index contributed by atoms with van der Waals surface area (Å²) < 4.78 is 5.35. The number of aromatic nitrogens is 1. The van der Waals surface area contributed by atoms with Gasteiger partial charge in [-0.05, 0) is 20.8 Å². The van der Waals surface area contributed by atoms with E-state index < -0.39 is 5.60 Å². The summed E-state index contributed by atoms with van der Waals surface area (Å²) in [6.45, 7) is 8.21. The van der Waals surface area contributed by atoms with Crippen LogP contribution in [0.25, 0.3) is 0 Å². The molecular formula is C13H18N4O2S. The van der Waals surface area contributed by atoms with Gasteiger partial charge in [0.25, 0.3) is 0 Å². The highest BCUT2D eigenvalue weighted by Crippen LogP contribution is 2.22. The molecule has 0 bridgehead atoms. The van der Waals surface area contributed by atoms with E-state index >= 15 is 0 Å². The molecule has 1 fully saturated rings. The maximum atomic E-state index is 11.9. The second kappa shape index (κ2) is 5.67. The Hall–Kier alpha value is -1.81. The number of piperazine rings is 1. The zero-order chi connectivity index (χ0) is 14.8. The van der Waals surface area contributed by atoms with E-state index in [1.807, 2.05) is 26.8 Å². The molecule has 1 aromatic heterocycles. The third-order valence-electron chi connectivity index (χ3n) is 2.81. The van der Waals surface area contributed by atoms with E-state index in [0.717, 1.165) is 5.13 Å². The molecular weight excluding hydrogens is 276 g/mol. The molecule has 0 N–H and O–H groups in total. The fourth-order valence-corrected chi connectivity index (χ4v) is 2.67. The maximum absolute atomic E-state index is 11.9. The number of ether oxygens (including phenoxy) is 1. The van der Waals surface area contributed by atoms with E-state index in [1.165, 1.54) is 11.3 Å². The van der Waals surface area contributed by atoms with Gasteiger partial charge in [0.2, 0.25) is 0 Å². The molecule has 0 radical (unpaired) electrons. The van der Waals surface area contributed by atoms with Crippen LogP contribution in [0.15, 0.2) is 5.38 Å². The Kier molecular flexibility index (Phi) is 4.14. The highest BCUT2D eigenvalue weighted by molar-refractivity contribution is 7.13. The second-order valence-corrected chi connectivity index (χ2v) is 6.42. The minimum absolute atomic E-state index is 0.269. The van der Waals surface area contributed by atoms with Crippen LogP contribution >= 0.6 is 11.3 Å². The van der Waals surface area contributed by atoms with Gasteiger partial charge in [0, 0.05) is 31.6 Å². The van der Waals surface area contributed by atoms with Crippen LogP contribution in [0, 0.1) is 11.3 Å². The lowest BCUT2D eigenvalue weighted by Crippen LogP contribution is -2.50. The number of carbonyl (C=O) groups is 1. The standard InChI is InChI=1S/C13H18N4O2S/c1-13(2,3)19-12(18)17-6-4-16(5-7-17)11-15-10(8-14)9-20-11/h9H,4-7H2,1-3H3. The SMILES string of the molecule is CC(C)(C)OC(=O)N1CCN(c2nc(C#N)cs2)CC1. The van der Waals surface area contributed by atoms with Crippen LogP contribution in [0.1, 0.15) is 26.5 Å². The van der Waals surface area contributed by atoms with Gasteiger partial charge < -0.3 is 14.5 Å². The molecule has 1 amide bonds. The zero-order valence-corrected chi connectivity index (χ0v) is 12.7. The summed E-state index contributed by atoms with van der Waals surface area (Å²) >= 11 is 1.46. The molecule has 20 heavy (non-hydrogen) atoms. The van der Waals surface area contributed by atoms with Gasteiger partial charge in [-0.2, -0.15) is 5.26 Å². The number of amides is 1. The maximum Gasteiger partial charge on any atom is 0.410 e. The Morgan fingerprint density at radius 2 is 2.05 bits per heavy atom. The van der Waals surface area contributed by atoms with Crippen LogP contribution in [0.4, 0.5) is 9.93 Å². The number of carbonyl (C=O) groups excluding carboxylic acids is 1. The van der Waals surface area contributed by atoms with Gasteiger partial charge in [0.1, 0.15) is 11.7 Å². The molecule has 7 heteroatoms. The van der Waals surface area contributed by atoms with Gasteiger partial charge in [-0.15, -0.1) is 11.3 Å². The van der Waals surface area contributed by atoms with Gasteiger partial charge in [-0.3, -0.25) is 0 Å². The van der Waals surface area contributed by atoms with Crippen molar-refractivity contribution >= 4 is 22.6 Å². The third-order valence-corrected chi connectivity index (χ3v) is 3.71. The molecule has 0 saturated carbocycles. The lowest BCUT2D eigenvalue weighted by Gasteiger charge is -2.35. The molecule has 0 spiro atoms. The summed E-state index contributed by atoms with van der Waals surface area (Å²) in [5, 5.41) is 11.4. The van der Waals surface area contributed by atoms with Crippen molar-refractivity contribution in [2.24, 2.45) is 0 Å². The number of rotatable bonds is 1. The highest BCUT2D eigenvalue weighted by Gasteiger charge is 2.26. The van der Waals surface area contributed by atoms with E-state index in [-0.39, 0.29) is 6.09 Å². The number of nitrogens with zero attached hydrogens (tertiary/aromatic N) is 4. The summed E-state index contributed by atoms with van der Waals surface area (Å²) in [5.41, 5.74) is -0.0230. The first kappa shape index (κ1) is 14.6. The van der Waals surface area contributed by atoms with Gasteiger partial charge in [-0.1, -0.05) is 0 Å². The summed E-state index contributed by atoms with van der Waals surface area (Å²) in [6.07, 6.45) is -0.269. The van der Waals surface area contributed by atoms with Crippen molar-refractivity contribution < 1.29 is 9.53 Å². The first-order valence-electron chi connectivity index (χ1n) is 6.47. The Bertz CT molecular complexity index is 521. The number of nitriles is 1. The van der Waals surface area contributed by atoms with Crippen molar-refractivity contribution in [2.75, 3.05) is 31.1 Å². The molecule has 2 rings (SSSR count). The Labute approximate surface area is 122 Å². The summed E-state index contributed by atoms with van der Waals surface area (Å²) in [6, 6.07) is 2.03. The molecule has 6 nitrogen and oxygen atoms in total. The van der Waals surface area contributed by atoms with Gasteiger partial charge in [0.05, 0.1) is 0 Å². The van der Waals surface area contributed by atoms with Crippen LogP contribution in [-0.4, -0.2) is 47.8 Å². The number of anilines is 1. The van der Waals surface area contributed by atoms with Crippen molar-refractivity contribution in [3.05, 3.63) is 11.1 Å². The van der Waals surface area contributed by atoms with E-state index in [9.17, 15) is 4.79 Å². The minimum atomic E-state index is -0.467. The smallest absolute Gasteiger partial charge is 0.410 e. The van der Waals surface area contributed by atoms with Crippen LogP contribution in [0.2, 0.25) is 0 Å². The molecule has 2 heterocycles. The van der Waals surface area contributed by atoms with Crippen molar-refractivity contribution in [3.8, 4) is 6.07 Å². The van der Waals surface area contributed by atoms with Crippen LogP contribution < -0.4 is 4.90 Å². The molecule has 1 aromatic rings. The molecule has 0 unspecified atom stereocenters. The van der Waals surface area contributed by atoms with E-state index in [2.05, 4.69) is 9.88 Å². The molecule has 1 aliphatic rings. The van der Waals surface area contributed by atoms with Gasteiger partial charge >= 0.3 is 6.09 Å². The van der Waals surface area contributed by atoms with Crippen molar-refractivity contribution in [3.63, 3.8) is 0 Å². The quantitative estimate of drug-likeness (QED) is 0.793. The Morgan fingerprint density at radius 3 is 2.55 bits per heavy atom. The lowest BCUT2D eigenvalue weighted by atomic mass is 10.2. The van der Waals surface area contributed by atoms with Crippen LogP contribution in [0.5, 0.6) is 0 Å². The largest absolute Gasteiger partial charge is 0.444 e. The molecule has 1 saturated heterocycles.